The van der Waals surface area contributed by atoms with Gasteiger partial charge in [0.15, 0.2) is 0 Å². The fourth-order valence-corrected chi connectivity index (χ4v) is 2.81. The van der Waals surface area contributed by atoms with Crippen LogP contribution in [0.25, 0.3) is 0 Å². The summed E-state index contributed by atoms with van der Waals surface area (Å²) in [6.07, 6.45) is -3.27. The molecule has 120 valence electrons. The Morgan fingerprint density at radius 2 is 1.86 bits per heavy atom. The number of hydrogen-bond acceptors (Lipinski definition) is 2. The van der Waals surface area contributed by atoms with Gasteiger partial charge >= 0.3 is 6.18 Å². The summed E-state index contributed by atoms with van der Waals surface area (Å²) in [5, 5.41) is 3.05. The Hall–Kier alpha value is -0.680. The minimum atomic E-state index is -4.30. The van der Waals surface area contributed by atoms with Crippen molar-refractivity contribution in [3.63, 3.8) is 0 Å². The van der Waals surface area contributed by atoms with Gasteiger partial charge in [-0.1, -0.05) is 40.2 Å². The molecule has 0 saturated heterocycles. The highest BCUT2D eigenvalue weighted by atomic mass is 32.2. The highest BCUT2D eigenvalue weighted by Gasteiger charge is 2.33. The second-order valence-corrected chi connectivity index (χ2v) is 6.77. The first-order chi connectivity index (χ1) is 9.74. The normalized spacial score (nSPS) is 13.7. The van der Waals surface area contributed by atoms with Crippen LogP contribution < -0.4 is 5.32 Å². The Balaban J connectivity index is 2.91. The summed E-state index contributed by atoms with van der Waals surface area (Å²) in [7, 11) is 0. The van der Waals surface area contributed by atoms with Gasteiger partial charge in [-0.2, -0.15) is 13.2 Å². The topological polar surface area (TPSA) is 12.0 Å². The van der Waals surface area contributed by atoms with Crippen LogP contribution in [0, 0.1) is 5.92 Å². The van der Waals surface area contributed by atoms with Crippen molar-refractivity contribution in [3.8, 4) is 0 Å². The first-order valence-electron chi connectivity index (χ1n) is 7.30. The van der Waals surface area contributed by atoms with Gasteiger partial charge in [-0.3, -0.25) is 0 Å². The molecule has 0 heterocycles. The zero-order valence-electron chi connectivity index (χ0n) is 13.1. The number of hydrogen-bond donors (Lipinski definition) is 1. The number of benzene rings is 1. The molecule has 5 heteroatoms. The molecule has 1 N–H and O–H groups in total. The predicted octanol–water partition coefficient (Wildman–Crippen LogP) is 5.34. The van der Waals surface area contributed by atoms with E-state index in [-0.39, 0.29) is 12.6 Å². The quantitative estimate of drug-likeness (QED) is 0.681. The second kappa shape index (κ2) is 8.08. The van der Waals surface area contributed by atoms with E-state index in [1.54, 1.807) is 12.1 Å². The number of thioether (sulfide) groups is 1. The Labute approximate surface area is 129 Å². The van der Waals surface area contributed by atoms with Crippen LogP contribution in [0.1, 0.15) is 45.2 Å². The fourth-order valence-electron chi connectivity index (χ4n) is 1.73. The molecule has 0 aliphatic rings. The lowest BCUT2D eigenvalue weighted by atomic mass is 10.1. The van der Waals surface area contributed by atoms with Crippen molar-refractivity contribution in [1.82, 2.24) is 5.32 Å². The zero-order valence-corrected chi connectivity index (χ0v) is 13.9. The molecule has 1 atom stereocenters. The SMILES string of the molecule is CCC(C)CSc1ccc(CNC(C)C)c(C(F)(F)F)c1. The van der Waals surface area contributed by atoms with Crippen LogP contribution >= 0.6 is 11.8 Å². The second-order valence-electron chi connectivity index (χ2n) is 5.68. The van der Waals surface area contributed by atoms with E-state index >= 15 is 0 Å². The molecule has 0 amide bonds. The lowest BCUT2D eigenvalue weighted by Crippen LogP contribution is -2.23. The van der Waals surface area contributed by atoms with Gasteiger partial charge in [0.1, 0.15) is 0 Å². The standard InChI is InChI=1S/C16H24F3NS/c1-5-12(4)10-21-14-7-6-13(9-20-11(2)3)15(8-14)16(17,18)19/h6-8,11-12,20H,5,9-10H2,1-4H3. The molecular weight excluding hydrogens is 295 g/mol. The van der Waals surface area contributed by atoms with Crippen molar-refractivity contribution in [1.29, 1.82) is 0 Å². The third-order valence-corrected chi connectivity index (χ3v) is 4.64. The van der Waals surface area contributed by atoms with Crippen molar-refractivity contribution in [2.45, 2.75) is 57.8 Å². The van der Waals surface area contributed by atoms with Gasteiger partial charge in [0.25, 0.3) is 0 Å². The van der Waals surface area contributed by atoms with Crippen LogP contribution in [-0.2, 0) is 12.7 Å². The molecule has 1 rings (SSSR count). The Morgan fingerprint density at radius 3 is 2.38 bits per heavy atom. The van der Waals surface area contributed by atoms with E-state index in [0.717, 1.165) is 12.2 Å². The van der Waals surface area contributed by atoms with Crippen molar-refractivity contribution in [2.75, 3.05) is 5.75 Å². The van der Waals surface area contributed by atoms with Gasteiger partial charge in [-0.05, 0) is 23.6 Å². The largest absolute Gasteiger partial charge is 0.416 e. The molecule has 1 aromatic rings. The summed E-state index contributed by atoms with van der Waals surface area (Å²) in [6.45, 7) is 8.28. The molecule has 0 aliphatic heterocycles. The Kier molecular flexibility index (Phi) is 7.07. The molecule has 0 bridgehead atoms. The average molecular weight is 319 g/mol. The van der Waals surface area contributed by atoms with Crippen molar-refractivity contribution < 1.29 is 13.2 Å². The third kappa shape index (κ3) is 6.30. The molecule has 0 radical (unpaired) electrons. The van der Waals surface area contributed by atoms with Gasteiger partial charge < -0.3 is 5.32 Å². The maximum Gasteiger partial charge on any atom is 0.416 e. The highest BCUT2D eigenvalue weighted by Crippen LogP contribution is 2.35. The number of halogens is 3. The van der Waals surface area contributed by atoms with Gasteiger partial charge in [0, 0.05) is 23.2 Å². The molecule has 0 fully saturated rings. The average Bonchev–Trinajstić information content (AvgIpc) is 2.41. The number of rotatable bonds is 7. The molecule has 1 aromatic carbocycles. The van der Waals surface area contributed by atoms with Crippen LogP contribution in [0.3, 0.4) is 0 Å². The van der Waals surface area contributed by atoms with Crippen molar-refractivity contribution in [3.05, 3.63) is 29.3 Å². The lowest BCUT2D eigenvalue weighted by molar-refractivity contribution is -0.138. The summed E-state index contributed by atoms with van der Waals surface area (Å²) in [4.78, 5) is 0.691. The predicted molar refractivity (Wildman–Crippen MR) is 83.6 cm³/mol. The maximum absolute atomic E-state index is 13.2. The summed E-state index contributed by atoms with van der Waals surface area (Å²) in [5.74, 6) is 1.35. The van der Waals surface area contributed by atoms with Crippen LogP contribution in [0.2, 0.25) is 0 Å². The number of nitrogens with one attached hydrogen (secondary N) is 1. The van der Waals surface area contributed by atoms with Crippen LogP contribution in [-0.4, -0.2) is 11.8 Å². The Morgan fingerprint density at radius 1 is 1.19 bits per heavy atom. The van der Waals surface area contributed by atoms with Crippen molar-refractivity contribution in [2.24, 2.45) is 5.92 Å². The molecule has 1 nitrogen and oxygen atoms in total. The van der Waals surface area contributed by atoms with Gasteiger partial charge in [0.2, 0.25) is 0 Å². The third-order valence-electron chi connectivity index (χ3n) is 3.32. The smallest absolute Gasteiger partial charge is 0.310 e. The minimum absolute atomic E-state index is 0.158. The van der Waals surface area contributed by atoms with Gasteiger partial charge in [-0.25, -0.2) is 0 Å². The first-order valence-corrected chi connectivity index (χ1v) is 8.28. The minimum Gasteiger partial charge on any atom is -0.310 e. The molecule has 1 unspecified atom stereocenters. The zero-order chi connectivity index (χ0) is 16.0. The molecule has 0 aliphatic carbocycles. The first kappa shape index (κ1) is 18.4. The van der Waals surface area contributed by atoms with E-state index in [4.69, 9.17) is 0 Å². The summed E-state index contributed by atoms with van der Waals surface area (Å²) in [6, 6.07) is 4.83. The lowest BCUT2D eigenvalue weighted by Gasteiger charge is -2.16. The van der Waals surface area contributed by atoms with E-state index in [2.05, 4.69) is 19.2 Å². The van der Waals surface area contributed by atoms with E-state index < -0.39 is 11.7 Å². The highest BCUT2D eigenvalue weighted by molar-refractivity contribution is 7.99. The molecular formula is C16H24F3NS. The summed E-state index contributed by atoms with van der Waals surface area (Å²) < 4.78 is 39.5. The molecule has 0 spiro atoms. The maximum atomic E-state index is 13.2. The van der Waals surface area contributed by atoms with Crippen LogP contribution in [0.15, 0.2) is 23.1 Å². The van der Waals surface area contributed by atoms with E-state index in [0.29, 0.717) is 16.4 Å². The van der Waals surface area contributed by atoms with Gasteiger partial charge in [-0.15, -0.1) is 11.8 Å². The van der Waals surface area contributed by atoms with E-state index in [1.807, 2.05) is 13.8 Å². The monoisotopic (exact) mass is 319 g/mol. The molecule has 21 heavy (non-hydrogen) atoms. The van der Waals surface area contributed by atoms with Crippen molar-refractivity contribution >= 4 is 11.8 Å². The summed E-state index contributed by atoms with van der Waals surface area (Å²) in [5.41, 5.74) is -0.214. The molecule has 0 saturated carbocycles. The van der Waals surface area contributed by atoms with Crippen LogP contribution in [0.4, 0.5) is 13.2 Å². The molecule has 0 aromatic heterocycles. The summed E-state index contributed by atoms with van der Waals surface area (Å²) >= 11 is 1.50. The Bertz CT molecular complexity index is 444. The van der Waals surface area contributed by atoms with Gasteiger partial charge in [0.05, 0.1) is 5.56 Å². The van der Waals surface area contributed by atoms with Crippen LogP contribution in [0.5, 0.6) is 0 Å². The number of alkyl halides is 3. The van der Waals surface area contributed by atoms with E-state index in [9.17, 15) is 13.2 Å². The fraction of sp³-hybridized carbons (Fsp3) is 0.625. The van der Waals surface area contributed by atoms with E-state index in [1.165, 1.54) is 17.8 Å².